The molecule has 1 unspecified atom stereocenters. The van der Waals surface area contributed by atoms with E-state index >= 15 is 0 Å². The third kappa shape index (κ3) is 7.68. The van der Waals surface area contributed by atoms with E-state index in [9.17, 15) is 14.4 Å². The van der Waals surface area contributed by atoms with Crippen LogP contribution in [0.1, 0.15) is 6.42 Å². The van der Waals surface area contributed by atoms with Gasteiger partial charge in [-0.05, 0) is 45.3 Å². The van der Waals surface area contributed by atoms with Crippen LogP contribution in [0.4, 0.5) is 5.82 Å². The zero-order valence-electron chi connectivity index (χ0n) is 20.6. The zero-order chi connectivity index (χ0) is 26.9. The second-order valence-corrected chi connectivity index (χ2v) is 10.3. The molecule has 2 N–H and O–H groups in total. The number of anilines is 1. The number of carbonyl (C=O) groups excluding carboxylic acids is 1. The van der Waals surface area contributed by atoms with Gasteiger partial charge in [0.25, 0.3) is 5.91 Å². The molecular weight excluding hydrogens is 520 g/mol. The fraction of sp³-hybridized carbons (Fsp3) is 0.375. The number of fused-ring (bicyclic) bond motifs is 1. The Morgan fingerprint density at radius 2 is 1.78 bits per heavy atom. The maximum Gasteiger partial charge on any atom is 0.328 e. The topological polar surface area (TPSA) is 142 Å². The molecule has 11 nitrogen and oxygen atoms in total. The molecule has 0 fully saturated rings. The van der Waals surface area contributed by atoms with Crippen LogP contribution in [0.15, 0.2) is 46.2 Å². The molecule has 1 amide bonds. The number of carbonyl (C=O) groups is 3. The summed E-state index contributed by atoms with van der Waals surface area (Å²) in [5.74, 6) is 0.405. The Labute approximate surface area is 222 Å². The SMILES string of the molecule is COc1ccc2ccc(N3C(=O)C4=C(SCCS4)C3OCCCN(C)C)nc2n1.O=C(O)C=CC(=O)O. The number of methoxy groups -OCH3 is 1. The maximum atomic E-state index is 13.2. The average molecular weight is 549 g/mol. The molecule has 2 aliphatic rings. The van der Waals surface area contributed by atoms with Crippen LogP contribution in [0, 0.1) is 0 Å². The number of amides is 1. The van der Waals surface area contributed by atoms with Gasteiger partial charge in [0.15, 0.2) is 11.9 Å². The molecule has 37 heavy (non-hydrogen) atoms. The van der Waals surface area contributed by atoms with E-state index in [1.165, 1.54) is 0 Å². The van der Waals surface area contributed by atoms with Crippen LogP contribution in [0.25, 0.3) is 11.0 Å². The zero-order valence-corrected chi connectivity index (χ0v) is 22.3. The van der Waals surface area contributed by atoms with E-state index < -0.39 is 18.2 Å². The van der Waals surface area contributed by atoms with Gasteiger partial charge in [0.2, 0.25) is 5.88 Å². The Morgan fingerprint density at radius 1 is 1.11 bits per heavy atom. The van der Waals surface area contributed by atoms with Crippen LogP contribution in [-0.2, 0) is 19.1 Å². The van der Waals surface area contributed by atoms with Crippen molar-refractivity contribution >= 4 is 58.2 Å². The van der Waals surface area contributed by atoms with Crippen molar-refractivity contribution in [2.45, 2.75) is 12.6 Å². The Kier molecular flexibility index (Phi) is 10.3. The predicted octanol–water partition coefficient (Wildman–Crippen LogP) is 2.68. The lowest BCUT2D eigenvalue weighted by Crippen LogP contribution is -2.38. The van der Waals surface area contributed by atoms with Crippen LogP contribution in [0.2, 0.25) is 0 Å². The summed E-state index contributed by atoms with van der Waals surface area (Å²) in [4.78, 5) is 47.0. The van der Waals surface area contributed by atoms with Crippen molar-refractivity contribution in [1.29, 1.82) is 0 Å². The van der Waals surface area contributed by atoms with Crippen LogP contribution in [0.5, 0.6) is 5.88 Å². The van der Waals surface area contributed by atoms with Gasteiger partial charge in [-0.1, -0.05) is 0 Å². The number of carboxylic acids is 2. The van der Waals surface area contributed by atoms with Crippen LogP contribution >= 0.6 is 23.5 Å². The van der Waals surface area contributed by atoms with E-state index in [2.05, 4.69) is 14.9 Å². The fourth-order valence-electron chi connectivity index (χ4n) is 3.43. The van der Waals surface area contributed by atoms with Crippen molar-refractivity contribution in [1.82, 2.24) is 14.9 Å². The quantitative estimate of drug-likeness (QED) is 0.351. The number of thioether (sulfide) groups is 2. The molecule has 0 aromatic carbocycles. The minimum Gasteiger partial charge on any atom is -0.481 e. The number of aromatic nitrogens is 2. The first kappa shape index (κ1) is 28.4. The monoisotopic (exact) mass is 548 g/mol. The fourth-order valence-corrected chi connectivity index (χ4v) is 5.87. The lowest BCUT2D eigenvalue weighted by Gasteiger charge is -2.26. The van der Waals surface area contributed by atoms with Crippen molar-refractivity contribution in [2.24, 2.45) is 0 Å². The molecule has 13 heteroatoms. The Bertz CT molecular complexity index is 1200. The third-order valence-corrected chi connectivity index (χ3v) is 7.65. The van der Waals surface area contributed by atoms with E-state index in [1.54, 1.807) is 41.6 Å². The molecule has 198 valence electrons. The van der Waals surface area contributed by atoms with E-state index in [1.807, 2.05) is 32.3 Å². The summed E-state index contributed by atoms with van der Waals surface area (Å²) in [5, 5.41) is 16.5. The summed E-state index contributed by atoms with van der Waals surface area (Å²) in [5.41, 5.74) is 0.547. The number of carboxylic acid groups (broad SMARTS) is 2. The van der Waals surface area contributed by atoms with Crippen molar-refractivity contribution < 1.29 is 34.1 Å². The van der Waals surface area contributed by atoms with Crippen LogP contribution in [0.3, 0.4) is 0 Å². The van der Waals surface area contributed by atoms with E-state index in [0.29, 0.717) is 36.1 Å². The highest BCUT2D eigenvalue weighted by molar-refractivity contribution is 8.10. The van der Waals surface area contributed by atoms with Crippen molar-refractivity contribution in [3.63, 3.8) is 0 Å². The number of hydrogen-bond donors (Lipinski definition) is 2. The Balaban J connectivity index is 0.000000414. The molecule has 1 atom stereocenters. The van der Waals surface area contributed by atoms with Gasteiger partial charge in [-0.3, -0.25) is 9.69 Å². The first-order valence-corrected chi connectivity index (χ1v) is 13.2. The molecule has 4 heterocycles. The number of nitrogens with zero attached hydrogens (tertiary/aromatic N) is 4. The van der Waals surface area contributed by atoms with Crippen molar-refractivity contribution in [3.05, 3.63) is 46.2 Å². The molecule has 0 radical (unpaired) electrons. The molecule has 0 aliphatic carbocycles. The number of ether oxygens (including phenoxy) is 2. The van der Waals surface area contributed by atoms with Gasteiger partial charge in [0.1, 0.15) is 5.82 Å². The average Bonchev–Trinajstić information content (AvgIpc) is 3.16. The lowest BCUT2D eigenvalue weighted by molar-refractivity contribution is -0.134. The second-order valence-electron chi connectivity index (χ2n) is 8.03. The highest BCUT2D eigenvalue weighted by atomic mass is 32.2. The predicted molar refractivity (Wildman–Crippen MR) is 143 cm³/mol. The number of aliphatic carboxylic acids is 2. The Morgan fingerprint density at radius 3 is 2.43 bits per heavy atom. The normalized spacial score (nSPS) is 17.2. The van der Waals surface area contributed by atoms with Crippen LogP contribution < -0.4 is 9.64 Å². The summed E-state index contributed by atoms with van der Waals surface area (Å²) in [6.45, 7) is 1.51. The molecule has 4 rings (SSSR count). The van der Waals surface area contributed by atoms with Crippen molar-refractivity contribution in [2.75, 3.05) is 50.8 Å². The third-order valence-electron chi connectivity index (χ3n) is 5.04. The molecule has 2 aromatic rings. The molecule has 0 saturated heterocycles. The van der Waals surface area contributed by atoms with Gasteiger partial charge in [-0.2, -0.15) is 4.98 Å². The highest BCUT2D eigenvalue weighted by Crippen LogP contribution is 2.45. The van der Waals surface area contributed by atoms with E-state index in [-0.39, 0.29) is 5.91 Å². The number of rotatable bonds is 9. The lowest BCUT2D eigenvalue weighted by atomic mass is 10.3. The number of hydrogen-bond acceptors (Lipinski definition) is 10. The Hall–Kier alpha value is -3.13. The van der Waals surface area contributed by atoms with E-state index in [4.69, 9.17) is 19.7 Å². The van der Waals surface area contributed by atoms with Gasteiger partial charge in [-0.25, -0.2) is 14.6 Å². The molecule has 0 spiro atoms. The summed E-state index contributed by atoms with van der Waals surface area (Å²) in [7, 11) is 5.66. The van der Waals surface area contributed by atoms with Gasteiger partial charge >= 0.3 is 11.9 Å². The molecule has 2 aliphatic heterocycles. The van der Waals surface area contributed by atoms with Gasteiger partial charge in [0.05, 0.1) is 23.5 Å². The second kappa shape index (κ2) is 13.4. The first-order chi connectivity index (χ1) is 17.7. The maximum absolute atomic E-state index is 13.2. The summed E-state index contributed by atoms with van der Waals surface area (Å²) in [6.07, 6.45) is 1.59. The standard InChI is InChI=1S/C20H24N4O3S2.C4H4O4/c1-23(2)9-4-10-27-20-17-16(28-11-12-29-17)19(25)24(20)14-7-5-13-6-8-15(26-3)22-18(13)21-14;5-3(6)1-2-4(7)8/h5-8,20H,4,9-12H2,1-3H3;1-2H,(H,5,6)(H,7,8). The largest absolute Gasteiger partial charge is 0.481 e. The minimum atomic E-state index is -1.26. The smallest absolute Gasteiger partial charge is 0.328 e. The first-order valence-electron chi connectivity index (χ1n) is 11.3. The van der Waals surface area contributed by atoms with E-state index in [0.717, 1.165) is 39.7 Å². The highest BCUT2D eigenvalue weighted by Gasteiger charge is 2.43. The van der Waals surface area contributed by atoms with Gasteiger partial charge in [-0.15, -0.1) is 23.5 Å². The number of pyridine rings is 2. The van der Waals surface area contributed by atoms with Gasteiger partial charge < -0.3 is 24.6 Å². The molecule has 0 bridgehead atoms. The van der Waals surface area contributed by atoms with Crippen molar-refractivity contribution in [3.8, 4) is 5.88 Å². The summed E-state index contributed by atoms with van der Waals surface area (Å²) >= 11 is 3.33. The summed E-state index contributed by atoms with van der Waals surface area (Å²) in [6, 6.07) is 7.50. The summed E-state index contributed by atoms with van der Waals surface area (Å²) < 4.78 is 11.4. The minimum absolute atomic E-state index is 0.0374. The molecule has 0 saturated carbocycles. The van der Waals surface area contributed by atoms with Gasteiger partial charge in [0, 0.05) is 35.1 Å². The molecule has 2 aromatic heterocycles. The van der Waals surface area contributed by atoms with Crippen LogP contribution in [-0.4, -0.2) is 95.0 Å². The molecular formula is C24H28N4O7S2.